The lowest BCUT2D eigenvalue weighted by Crippen LogP contribution is -2.11. The van der Waals surface area contributed by atoms with Crippen molar-refractivity contribution in [2.45, 2.75) is 46.8 Å². The van der Waals surface area contributed by atoms with Gasteiger partial charge in [-0.05, 0) is 58.9 Å². The van der Waals surface area contributed by atoms with Crippen LogP contribution in [0.2, 0.25) is 0 Å². The minimum Gasteiger partial charge on any atom is -0.491 e. The molecule has 0 aliphatic heterocycles. The molecule has 1 aromatic heterocycles. The van der Waals surface area contributed by atoms with Gasteiger partial charge in [-0.3, -0.25) is 4.98 Å². The summed E-state index contributed by atoms with van der Waals surface area (Å²) in [6, 6.07) is 9.90. The normalized spacial score (nSPS) is 11.0. The molecular formula is C18H23NO2. The Morgan fingerprint density at radius 2 is 1.62 bits per heavy atom. The number of hydrogen-bond donors (Lipinski definition) is 0. The van der Waals surface area contributed by atoms with Crippen LogP contribution in [0, 0.1) is 6.92 Å². The fourth-order valence-electron chi connectivity index (χ4n) is 2.17. The Labute approximate surface area is 126 Å². The van der Waals surface area contributed by atoms with Gasteiger partial charge in [0.25, 0.3) is 0 Å². The van der Waals surface area contributed by atoms with Crippen molar-refractivity contribution in [2.24, 2.45) is 0 Å². The number of hydrogen-bond acceptors (Lipinski definition) is 3. The van der Waals surface area contributed by atoms with Gasteiger partial charge in [-0.2, -0.15) is 0 Å². The van der Waals surface area contributed by atoms with Crippen LogP contribution >= 0.6 is 0 Å². The third-order valence-corrected chi connectivity index (χ3v) is 3.01. The fraction of sp³-hybridized carbons (Fsp3) is 0.389. The lowest BCUT2D eigenvalue weighted by Gasteiger charge is -2.20. The van der Waals surface area contributed by atoms with Crippen LogP contribution in [-0.4, -0.2) is 17.2 Å². The Kier molecular flexibility index (Phi) is 4.84. The van der Waals surface area contributed by atoms with E-state index >= 15 is 0 Å². The van der Waals surface area contributed by atoms with Crippen LogP contribution in [0.4, 0.5) is 0 Å². The third kappa shape index (κ3) is 3.75. The molecule has 3 heteroatoms. The van der Waals surface area contributed by atoms with Crippen LogP contribution in [0.25, 0.3) is 11.3 Å². The van der Waals surface area contributed by atoms with E-state index in [4.69, 9.17) is 9.47 Å². The molecule has 0 radical (unpaired) electrons. The molecule has 0 saturated heterocycles. The van der Waals surface area contributed by atoms with Crippen LogP contribution in [0.1, 0.15) is 33.3 Å². The van der Waals surface area contributed by atoms with Crippen molar-refractivity contribution in [3.8, 4) is 22.8 Å². The zero-order valence-corrected chi connectivity index (χ0v) is 13.4. The van der Waals surface area contributed by atoms with Crippen LogP contribution in [-0.2, 0) is 0 Å². The molecule has 0 amide bonds. The van der Waals surface area contributed by atoms with E-state index in [-0.39, 0.29) is 12.2 Å². The second-order valence-electron chi connectivity index (χ2n) is 5.61. The van der Waals surface area contributed by atoms with Crippen molar-refractivity contribution < 1.29 is 9.47 Å². The standard InChI is InChI=1S/C18H23NO2/c1-12(2)20-17-10-9-15(16-8-6-7-11-19-16)18(14(17)5)21-13(3)4/h6-13H,1-5H3. The largest absolute Gasteiger partial charge is 0.491 e. The van der Waals surface area contributed by atoms with Gasteiger partial charge in [0.15, 0.2) is 0 Å². The summed E-state index contributed by atoms with van der Waals surface area (Å²) in [7, 11) is 0. The SMILES string of the molecule is Cc1c(OC(C)C)ccc(-c2ccccn2)c1OC(C)C. The molecule has 2 aromatic rings. The molecule has 1 aromatic carbocycles. The number of rotatable bonds is 5. The van der Waals surface area contributed by atoms with E-state index in [0.29, 0.717) is 0 Å². The molecule has 2 rings (SSSR count). The smallest absolute Gasteiger partial charge is 0.135 e. The predicted octanol–water partition coefficient (Wildman–Crippen LogP) is 4.63. The van der Waals surface area contributed by atoms with E-state index in [1.807, 2.05) is 65.0 Å². The summed E-state index contributed by atoms with van der Waals surface area (Å²) in [5.74, 6) is 1.71. The first-order chi connectivity index (χ1) is 9.99. The number of benzene rings is 1. The van der Waals surface area contributed by atoms with Gasteiger partial charge in [-0.15, -0.1) is 0 Å². The van der Waals surface area contributed by atoms with E-state index in [0.717, 1.165) is 28.3 Å². The second-order valence-corrected chi connectivity index (χ2v) is 5.61. The lowest BCUT2D eigenvalue weighted by molar-refractivity contribution is 0.226. The van der Waals surface area contributed by atoms with E-state index in [1.54, 1.807) is 6.20 Å². The summed E-state index contributed by atoms with van der Waals surface area (Å²) >= 11 is 0. The first-order valence-corrected chi connectivity index (χ1v) is 7.37. The minimum absolute atomic E-state index is 0.0977. The van der Waals surface area contributed by atoms with E-state index in [2.05, 4.69) is 4.98 Å². The van der Waals surface area contributed by atoms with Crippen molar-refractivity contribution in [3.05, 3.63) is 42.1 Å². The summed E-state index contributed by atoms with van der Waals surface area (Å²) < 4.78 is 11.9. The molecule has 112 valence electrons. The number of aromatic nitrogens is 1. The Balaban J connectivity index is 2.52. The molecule has 3 nitrogen and oxygen atoms in total. The predicted molar refractivity (Wildman–Crippen MR) is 85.9 cm³/mol. The summed E-state index contributed by atoms with van der Waals surface area (Å²) in [5, 5.41) is 0. The van der Waals surface area contributed by atoms with Crippen molar-refractivity contribution >= 4 is 0 Å². The van der Waals surface area contributed by atoms with Gasteiger partial charge in [-0.25, -0.2) is 0 Å². The maximum Gasteiger partial charge on any atom is 0.135 e. The zero-order valence-electron chi connectivity index (χ0n) is 13.4. The summed E-state index contributed by atoms with van der Waals surface area (Å²) in [6.45, 7) is 10.1. The molecule has 0 spiro atoms. The average molecular weight is 285 g/mol. The summed E-state index contributed by atoms with van der Waals surface area (Å²) in [5.41, 5.74) is 2.92. The molecule has 0 bridgehead atoms. The summed E-state index contributed by atoms with van der Waals surface area (Å²) in [6.07, 6.45) is 2.03. The van der Waals surface area contributed by atoms with E-state index < -0.39 is 0 Å². The van der Waals surface area contributed by atoms with Gasteiger partial charge < -0.3 is 9.47 Å². The van der Waals surface area contributed by atoms with Gasteiger partial charge in [0.2, 0.25) is 0 Å². The van der Waals surface area contributed by atoms with Crippen molar-refractivity contribution in [2.75, 3.05) is 0 Å². The lowest BCUT2D eigenvalue weighted by atomic mass is 10.0. The molecule has 0 unspecified atom stereocenters. The zero-order chi connectivity index (χ0) is 15.4. The van der Waals surface area contributed by atoms with Crippen molar-refractivity contribution in [1.82, 2.24) is 4.98 Å². The van der Waals surface area contributed by atoms with Gasteiger partial charge >= 0.3 is 0 Å². The highest BCUT2D eigenvalue weighted by atomic mass is 16.5. The monoisotopic (exact) mass is 285 g/mol. The summed E-state index contributed by atoms with van der Waals surface area (Å²) in [4.78, 5) is 4.43. The molecule has 1 heterocycles. The second kappa shape index (κ2) is 6.61. The fourth-order valence-corrected chi connectivity index (χ4v) is 2.17. The Hall–Kier alpha value is -2.03. The first-order valence-electron chi connectivity index (χ1n) is 7.37. The quantitative estimate of drug-likeness (QED) is 0.802. The molecule has 21 heavy (non-hydrogen) atoms. The Bertz CT molecular complexity index is 592. The molecule has 0 atom stereocenters. The molecule has 0 aliphatic rings. The van der Waals surface area contributed by atoms with Crippen LogP contribution < -0.4 is 9.47 Å². The number of ether oxygens (including phenoxy) is 2. The molecule has 0 fully saturated rings. The highest BCUT2D eigenvalue weighted by molar-refractivity contribution is 5.71. The third-order valence-electron chi connectivity index (χ3n) is 3.01. The number of nitrogens with zero attached hydrogens (tertiary/aromatic N) is 1. The highest BCUT2D eigenvalue weighted by Crippen LogP contribution is 2.38. The Morgan fingerprint density at radius 3 is 2.19 bits per heavy atom. The van der Waals surface area contributed by atoms with Crippen LogP contribution in [0.3, 0.4) is 0 Å². The Morgan fingerprint density at radius 1 is 0.905 bits per heavy atom. The molecule has 0 aliphatic carbocycles. The van der Waals surface area contributed by atoms with Gasteiger partial charge in [0.1, 0.15) is 11.5 Å². The molecular weight excluding hydrogens is 262 g/mol. The van der Waals surface area contributed by atoms with Gasteiger partial charge in [0.05, 0.1) is 17.9 Å². The average Bonchev–Trinajstić information content (AvgIpc) is 2.43. The van der Waals surface area contributed by atoms with E-state index in [9.17, 15) is 0 Å². The molecule has 0 N–H and O–H groups in total. The number of pyridine rings is 1. The van der Waals surface area contributed by atoms with Gasteiger partial charge in [0, 0.05) is 17.3 Å². The maximum absolute atomic E-state index is 6.03. The van der Waals surface area contributed by atoms with E-state index in [1.165, 1.54) is 0 Å². The highest BCUT2D eigenvalue weighted by Gasteiger charge is 2.16. The van der Waals surface area contributed by atoms with Crippen molar-refractivity contribution in [1.29, 1.82) is 0 Å². The maximum atomic E-state index is 6.03. The van der Waals surface area contributed by atoms with Crippen LogP contribution in [0.5, 0.6) is 11.5 Å². The van der Waals surface area contributed by atoms with Crippen molar-refractivity contribution in [3.63, 3.8) is 0 Å². The first kappa shape index (κ1) is 15.4. The van der Waals surface area contributed by atoms with Gasteiger partial charge in [-0.1, -0.05) is 6.07 Å². The topological polar surface area (TPSA) is 31.4 Å². The minimum atomic E-state index is 0.0977. The molecule has 0 saturated carbocycles. The van der Waals surface area contributed by atoms with Crippen LogP contribution in [0.15, 0.2) is 36.5 Å².